The Morgan fingerprint density at radius 3 is 2.64 bits per heavy atom. The Hall–Kier alpha value is -0.610. The highest BCUT2D eigenvalue weighted by atomic mass is 16.5. The molecule has 2 atom stereocenters. The minimum Gasteiger partial charge on any atom is -0.465 e. The van der Waals surface area contributed by atoms with Gasteiger partial charge in [-0.15, -0.1) is 0 Å². The van der Waals surface area contributed by atoms with Gasteiger partial charge in [0.25, 0.3) is 0 Å². The maximum absolute atomic E-state index is 11.2. The van der Waals surface area contributed by atoms with Gasteiger partial charge >= 0.3 is 5.97 Å². The average molecular weight is 201 g/mol. The second kappa shape index (κ2) is 5.32. The molecular weight excluding hydrogens is 182 g/mol. The maximum atomic E-state index is 11.2. The van der Waals surface area contributed by atoms with E-state index in [0.717, 1.165) is 0 Å². The summed E-state index contributed by atoms with van der Waals surface area (Å²) in [7, 11) is 1.67. The Kier molecular flexibility index (Phi) is 4.35. The molecule has 0 bridgehead atoms. The van der Waals surface area contributed by atoms with Crippen molar-refractivity contribution in [2.45, 2.75) is 38.3 Å². The SMILES string of the molecule is CCOC(=O)[C@H](N)C[C@@H](OC)C1CC1. The summed E-state index contributed by atoms with van der Waals surface area (Å²) >= 11 is 0. The van der Waals surface area contributed by atoms with Crippen molar-refractivity contribution in [2.24, 2.45) is 11.7 Å². The van der Waals surface area contributed by atoms with E-state index in [-0.39, 0.29) is 12.1 Å². The van der Waals surface area contributed by atoms with Crippen LogP contribution in [0, 0.1) is 5.92 Å². The largest absolute Gasteiger partial charge is 0.465 e. The summed E-state index contributed by atoms with van der Waals surface area (Å²) in [4.78, 5) is 11.2. The zero-order valence-electron chi connectivity index (χ0n) is 8.86. The molecule has 1 saturated carbocycles. The van der Waals surface area contributed by atoms with E-state index < -0.39 is 6.04 Å². The van der Waals surface area contributed by atoms with Gasteiger partial charge in [-0.05, 0) is 32.1 Å². The number of nitrogens with two attached hydrogens (primary N) is 1. The van der Waals surface area contributed by atoms with Crippen molar-refractivity contribution < 1.29 is 14.3 Å². The van der Waals surface area contributed by atoms with Gasteiger partial charge in [-0.25, -0.2) is 0 Å². The van der Waals surface area contributed by atoms with E-state index in [1.807, 2.05) is 0 Å². The Bertz CT molecular complexity index is 192. The van der Waals surface area contributed by atoms with Gasteiger partial charge in [-0.2, -0.15) is 0 Å². The quantitative estimate of drug-likeness (QED) is 0.642. The number of methoxy groups -OCH3 is 1. The fraction of sp³-hybridized carbons (Fsp3) is 0.900. The minimum atomic E-state index is -0.541. The summed E-state index contributed by atoms with van der Waals surface area (Å²) < 4.78 is 10.1. The van der Waals surface area contributed by atoms with Gasteiger partial charge in [0, 0.05) is 7.11 Å². The van der Waals surface area contributed by atoms with Crippen LogP contribution in [0.3, 0.4) is 0 Å². The number of rotatable bonds is 6. The molecule has 0 radical (unpaired) electrons. The number of carbonyl (C=O) groups excluding carboxylic acids is 1. The highest BCUT2D eigenvalue weighted by Crippen LogP contribution is 2.35. The van der Waals surface area contributed by atoms with E-state index >= 15 is 0 Å². The molecule has 4 nitrogen and oxygen atoms in total. The fourth-order valence-electron chi connectivity index (χ4n) is 1.54. The van der Waals surface area contributed by atoms with Gasteiger partial charge in [-0.1, -0.05) is 0 Å². The summed E-state index contributed by atoms with van der Waals surface area (Å²) in [5.41, 5.74) is 5.69. The van der Waals surface area contributed by atoms with Crippen molar-refractivity contribution >= 4 is 5.97 Å². The van der Waals surface area contributed by atoms with E-state index in [9.17, 15) is 4.79 Å². The van der Waals surface area contributed by atoms with E-state index in [4.69, 9.17) is 15.2 Å². The number of ether oxygens (including phenoxy) is 2. The van der Waals surface area contributed by atoms with Crippen molar-refractivity contribution in [3.8, 4) is 0 Å². The van der Waals surface area contributed by atoms with E-state index in [1.54, 1.807) is 14.0 Å². The molecule has 82 valence electrons. The van der Waals surface area contributed by atoms with E-state index in [2.05, 4.69) is 0 Å². The first-order chi connectivity index (χ1) is 6.69. The second-order valence-corrected chi connectivity index (χ2v) is 3.71. The van der Waals surface area contributed by atoms with Gasteiger partial charge in [0.05, 0.1) is 12.7 Å². The van der Waals surface area contributed by atoms with Crippen LogP contribution in [0.25, 0.3) is 0 Å². The maximum Gasteiger partial charge on any atom is 0.322 e. The molecule has 0 heterocycles. The Morgan fingerprint density at radius 1 is 1.57 bits per heavy atom. The van der Waals surface area contributed by atoms with Crippen molar-refractivity contribution in [1.29, 1.82) is 0 Å². The number of hydrogen-bond acceptors (Lipinski definition) is 4. The molecule has 2 N–H and O–H groups in total. The molecule has 1 rings (SSSR count). The molecule has 0 aromatic rings. The van der Waals surface area contributed by atoms with Gasteiger partial charge < -0.3 is 15.2 Å². The highest BCUT2D eigenvalue weighted by molar-refractivity contribution is 5.75. The number of hydrogen-bond donors (Lipinski definition) is 1. The molecule has 14 heavy (non-hydrogen) atoms. The smallest absolute Gasteiger partial charge is 0.322 e. The van der Waals surface area contributed by atoms with Crippen LogP contribution in [-0.2, 0) is 14.3 Å². The lowest BCUT2D eigenvalue weighted by Crippen LogP contribution is -2.36. The zero-order valence-corrected chi connectivity index (χ0v) is 8.86. The third-order valence-electron chi connectivity index (χ3n) is 2.53. The lowest BCUT2D eigenvalue weighted by molar-refractivity contribution is -0.145. The average Bonchev–Trinajstić information content (AvgIpc) is 2.97. The lowest BCUT2D eigenvalue weighted by Gasteiger charge is -2.18. The van der Waals surface area contributed by atoms with Crippen molar-refractivity contribution in [1.82, 2.24) is 0 Å². The first kappa shape index (κ1) is 11.5. The predicted molar refractivity (Wildman–Crippen MR) is 52.7 cm³/mol. The van der Waals surface area contributed by atoms with Gasteiger partial charge in [0.1, 0.15) is 6.04 Å². The summed E-state index contributed by atoms with van der Waals surface area (Å²) in [6, 6.07) is -0.541. The summed E-state index contributed by atoms with van der Waals surface area (Å²) in [6.45, 7) is 2.16. The molecule has 1 aliphatic carbocycles. The molecule has 0 aromatic heterocycles. The molecule has 0 amide bonds. The van der Waals surface area contributed by atoms with Crippen LogP contribution in [0.5, 0.6) is 0 Å². The predicted octanol–water partition coefficient (Wildman–Crippen LogP) is 0.692. The molecule has 0 unspecified atom stereocenters. The third kappa shape index (κ3) is 3.27. The Balaban J connectivity index is 2.29. The second-order valence-electron chi connectivity index (χ2n) is 3.71. The molecule has 0 aliphatic heterocycles. The zero-order chi connectivity index (χ0) is 10.6. The van der Waals surface area contributed by atoms with Crippen LogP contribution in [0.15, 0.2) is 0 Å². The molecule has 0 spiro atoms. The van der Waals surface area contributed by atoms with E-state index in [0.29, 0.717) is 18.9 Å². The first-order valence-electron chi connectivity index (χ1n) is 5.14. The van der Waals surface area contributed by atoms with Gasteiger partial charge in [0.2, 0.25) is 0 Å². The minimum absolute atomic E-state index is 0.120. The Labute approximate surface area is 84.7 Å². The molecule has 1 fully saturated rings. The Morgan fingerprint density at radius 2 is 2.21 bits per heavy atom. The van der Waals surface area contributed by atoms with Crippen molar-refractivity contribution in [3.63, 3.8) is 0 Å². The standard InChI is InChI=1S/C10H19NO3/c1-3-14-10(12)8(11)6-9(13-2)7-4-5-7/h7-9H,3-6,11H2,1-2H3/t8-,9-/m1/s1. The fourth-order valence-corrected chi connectivity index (χ4v) is 1.54. The van der Waals surface area contributed by atoms with Crippen LogP contribution in [0.2, 0.25) is 0 Å². The van der Waals surface area contributed by atoms with Crippen LogP contribution in [0.4, 0.5) is 0 Å². The van der Waals surface area contributed by atoms with Gasteiger partial charge in [-0.3, -0.25) is 4.79 Å². The number of esters is 1. The number of carbonyl (C=O) groups is 1. The lowest BCUT2D eigenvalue weighted by atomic mass is 10.1. The highest BCUT2D eigenvalue weighted by Gasteiger charge is 2.33. The van der Waals surface area contributed by atoms with Crippen molar-refractivity contribution in [2.75, 3.05) is 13.7 Å². The normalized spacial score (nSPS) is 20.2. The molecule has 0 saturated heterocycles. The monoisotopic (exact) mass is 201 g/mol. The molecule has 4 heteroatoms. The summed E-state index contributed by atoms with van der Waals surface area (Å²) in [6.07, 6.45) is 3.07. The van der Waals surface area contributed by atoms with Crippen LogP contribution < -0.4 is 5.73 Å². The third-order valence-corrected chi connectivity index (χ3v) is 2.53. The van der Waals surface area contributed by atoms with Crippen LogP contribution in [-0.4, -0.2) is 31.8 Å². The summed E-state index contributed by atoms with van der Waals surface area (Å²) in [5.74, 6) is 0.274. The first-order valence-corrected chi connectivity index (χ1v) is 5.14. The topological polar surface area (TPSA) is 61.5 Å². The van der Waals surface area contributed by atoms with Crippen LogP contribution >= 0.6 is 0 Å². The van der Waals surface area contributed by atoms with E-state index in [1.165, 1.54) is 12.8 Å². The van der Waals surface area contributed by atoms with Crippen molar-refractivity contribution in [3.05, 3.63) is 0 Å². The summed E-state index contributed by atoms with van der Waals surface area (Å²) in [5, 5.41) is 0. The van der Waals surface area contributed by atoms with Gasteiger partial charge in [0.15, 0.2) is 0 Å². The molecule has 0 aromatic carbocycles. The van der Waals surface area contributed by atoms with Crippen LogP contribution in [0.1, 0.15) is 26.2 Å². The molecular formula is C10H19NO3. The molecule has 1 aliphatic rings.